The molecule has 5 rings (SSSR count). The lowest BCUT2D eigenvalue weighted by Crippen LogP contribution is -2.22. The Balaban J connectivity index is 1.81. The molecule has 4 aromatic heterocycles. The van der Waals surface area contributed by atoms with E-state index in [4.69, 9.17) is 4.74 Å². The molecule has 0 fully saturated rings. The zero-order valence-corrected chi connectivity index (χ0v) is 19.6. The van der Waals surface area contributed by atoms with Crippen molar-refractivity contribution in [2.45, 2.75) is 23.2 Å². The van der Waals surface area contributed by atoms with Crippen LogP contribution in [0.25, 0.3) is 27.8 Å². The molecule has 0 aliphatic rings. The van der Waals surface area contributed by atoms with Gasteiger partial charge in [0, 0.05) is 23.5 Å². The summed E-state index contributed by atoms with van der Waals surface area (Å²) in [6, 6.07) is 12.8. The lowest BCUT2D eigenvalue weighted by Gasteiger charge is -2.14. The fourth-order valence-electron chi connectivity index (χ4n) is 3.88. The van der Waals surface area contributed by atoms with Gasteiger partial charge in [0.05, 0.1) is 24.0 Å². The van der Waals surface area contributed by atoms with Crippen molar-refractivity contribution in [3.63, 3.8) is 0 Å². The van der Waals surface area contributed by atoms with Crippen LogP contribution in [0.2, 0.25) is 0 Å². The van der Waals surface area contributed by atoms with Gasteiger partial charge in [0.2, 0.25) is 0 Å². The van der Waals surface area contributed by atoms with Crippen LogP contribution in [0.4, 0.5) is 13.2 Å². The third kappa shape index (κ3) is 3.91. The van der Waals surface area contributed by atoms with Crippen molar-refractivity contribution in [2.75, 3.05) is 7.11 Å². The Bertz CT molecular complexity index is 1640. The SMILES string of the molecule is COc1ccc(Sc2nc3c(=O)n(-c4cccnc4C)c4nc(C(F)(F)F)ccc4c3n2C)cc1. The fraction of sp³-hybridized carbons (Fsp3) is 0.167. The fourth-order valence-corrected chi connectivity index (χ4v) is 4.72. The van der Waals surface area contributed by atoms with E-state index in [0.717, 1.165) is 15.5 Å². The zero-order chi connectivity index (χ0) is 24.9. The number of aryl methyl sites for hydroxylation is 2. The van der Waals surface area contributed by atoms with Gasteiger partial charge in [-0.1, -0.05) is 11.8 Å². The number of aromatic nitrogens is 5. The van der Waals surface area contributed by atoms with Crippen LogP contribution in [-0.2, 0) is 13.2 Å². The van der Waals surface area contributed by atoms with Crippen LogP contribution in [0.3, 0.4) is 0 Å². The average molecular weight is 498 g/mol. The van der Waals surface area contributed by atoms with E-state index in [0.29, 0.717) is 33.2 Å². The summed E-state index contributed by atoms with van der Waals surface area (Å²) in [5.41, 5.74) is -0.440. The van der Waals surface area contributed by atoms with Crippen molar-refractivity contribution in [1.82, 2.24) is 24.1 Å². The number of pyridine rings is 3. The summed E-state index contributed by atoms with van der Waals surface area (Å²) >= 11 is 1.32. The van der Waals surface area contributed by atoms with Crippen LogP contribution in [0.5, 0.6) is 5.75 Å². The molecule has 1 aromatic carbocycles. The lowest BCUT2D eigenvalue weighted by atomic mass is 10.2. The third-order valence-corrected chi connectivity index (χ3v) is 6.64. The number of nitrogens with zero attached hydrogens (tertiary/aromatic N) is 5. The van der Waals surface area contributed by atoms with Crippen molar-refractivity contribution in [3.05, 3.63) is 76.5 Å². The molecule has 0 atom stereocenters. The van der Waals surface area contributed by atoms with Gasteiger partial charge in [0.1, 0.15) is 17.1 Å². The average Bonchev–Trinajstić information content (AvgIpc) is 3.16. The molecule has 5 aromatic rings. The molecule has 0 aliphatic heterocycles. The molecule has 0 bridgehead atoms. The topological polar surface area (TPSA) is 74.8 Å². The predicted molar refractivity (Wildman–Crippen MR) is 126 cm³/mol. The minimum absolute atomic E-state index is 0.113. The largest absolute Gasteiger partial charge is 0.497 e. The molecule has 0 saturated heterocycles. The molecule has 0 saturated carbocycles. The standard InChI is InChI=1S/C24H18F3N5O2S/c1-13-17(5-4-12-28-13)32-21-16(10-11-18(29-21)24(25,26)27)20-19(22(32)33)30-23(31(20)2)35-15-8-6-14(34-3)7-9-15/h4-12H,1-3H3. The first-order valence-corrected chi connectivity index (χ1v) is 11.2. The molecule has 0 aliphatic carbocycles. The third-order valence-electron chi connectivity index (χ3n) is 5.58. The van der Waals surface area contributed by atoms with Crippen LogP contribution < -0.4 is 10.3 Å². The molecular formula is C24H18F3N5O2S. The first-order chi connectivity index (χ1) is 16.7. The van der Waals surface area contributed by atoms with E-state index >= 15 is 0 Å². The zero-order valence-electron chi connectivity index (χ0n) is 18.8. The van der Waals surface area contributed by atoms with E-state index in [9.17, 15) is 18.0 Å². The Morgan fingerprint density at radius 3 is 2.43 bits per heavy atom. The number of hydrogen-bond donors (Lipinski definition) is 0. The molecule has 35 heavy (non-hydrogen) atoms. The Morgan fingerprint density at radius 2 is 1.77 bits per heavy atom. The van der Waals surface area contributed by atoms with Gasteiger partial charge in [-0.25, -0.2) is 9.97 Å². The Hall–Kier alpha value is -3.86. The molecule has 178 valence electrons. The number of halogens is 3. The number of rotatable bonds is 4. The predicted octanol–water partition coefficient (Wildman–Crippen LogP) is 5.15. The number of benzene rings is 1. The number of methoxy groups -OCH3 is 1. The molecule has 0 N–H and O–H groups in total. The number of imidazole rings is 1. The van der Waals surface area contributed by atoms with Crippen molar-refractivity contribution in [3.8, 4) is 11.4 Å². The maximum atomic E-state index is 13.7. The first kappa shape index (κ1) is 22.9. The van der Waals surface area contributed by atoms with Gasteiger partial charge in [-0.05, 0) is 55.5 Å². The summed E-state index contributed by atoms with van der Waals surface area (Å²) in [7, 11) is 3.30. The summed E-state index contributed by atoms with van der Waals surface area (Å²) in [5.74, 6) is 0.701. The Morgan fingerprint density at radius 1 is 1.03 bits per heavy atom. The van der Waals surface area contributed by atoms with Gasteiger partial charge >= 0.3 is 6.18 Å². The maximum Gasteiger partial charge on any atom is 0.433 e. The molecule has 11 heteroatoms. The van der Waals surface area contributed by atoms with Gasteiger partial charge in [0.25, 0.3) is 5.56 Å². The van der Waals surface area contributed by atoms with Gasteiger partial charge in [-0.15, -0.1) is 0 Å². The van der Waals surface area contributed by atoms with E-state index in [1.807, 2.05) is 12.1 Å². The monoisotopic (exact) mass is 497 g/mol. The second kappa shape index (κ2) is 8.42. The quantitative estimate of drug-likeness (QED) is 0.342. The normalized spacial score (nSPS) is 11.9. The van der Waals surface area contributed by atoms with Gasteiger partial charge in [-0.2, -0.15) is 13.2 Å². The molecule has 0 amide bonds. The summed E-state index contributed by atoms with van der Waals surface area (Å²) in [5, 5.41) is 0.872. The maximum absolute atomic E-state index is 13.7. The number of alkyl halides is 3. The minimum atomic E-state index is -4.67. The first-order valence-electron chi connectivity index (χ1n) is 10.4. The van der Waals surface area contributed by atoms with E-state index in [-0.39, 0.29) is 11.2 Å². The van der Waals surface area contributed by atoms with Gasteiger partial charge < -0.3 is 9.30 Å². The summed E-state index contributed by atoms with van der Waals surface area (Å²) in [6.45, 7) is 1.68. The van der Waals surface area contributed by atoms with Crippen LogP contribution in [0, 0.1) is 6.92 Å². The molecule has 0 radical (unpaired) electrons. The van der Waals surface area contributed by atoms with Gasteiger partial charge in [-0.3, -0.25) is 14.3 Å². The van der Waals surface area contributed by atoms with Crippen LogP contribution in [-0.4, -0.2) is 31.2 Å². The molecule has 4 heterocycles. The number of ether oxygens (including phenoxy) is 1. The Kier molecular flexibility index (Phi) is 5.51. The van der Waals surface area contributed by atoms with Crippen LogP contribution in [0.1, 0.15) is 11.4 Å². The number of fused-ring (bicyclic) bond motifs is 3. The summed E-state index contributed by atoms with van der Waals surface area (Å²) in [6.07, 6.45) is -3.13. The van der Waals surface area contributed by atoms with Crippen molar-refractivity contribution < 1.29 is 17.9 Å². The second-order valence-corrected chi connectivity index (χ2v) is 8.78. The molecule has 0 spiro atoms. The molecular weight excluding hydrogens is 479 g/mol. The smallest absolute Gasteiger partial charge is 0.433 e. The molecule has 7 nitrogen and oxygen atoms in total. The highest BCUT2D eigenvalue weighted by Gasteiger charge is 2.33. The highest BCUT2D eigenvalue weighted by atomic mass is 32.2. The second-order valence-electron chi connectivity index (χ2n) is 7.74. The van der Waals surface area contributed by atoms with Crippen molar-refractivity contribution in [2.24, 2.45) is 7.05 Å². The van der Waals surface area contributed by atoms with Crippen molar-refractivity contribution in [1.29, 1.82) is 0 Å². The van der Waals surface area contributed by atoms with E-state index in [2.05, 4.69) is 15.0 Å². The molecule has 0 unspecified atom stereocenters. The summed E-state index contributed by atoms with van der Waals surface area (Å²) < 4.78 is 48.6. The number of hydrogen-bond acceptors (Lipinski definition) is 6. The van der Waals surface area contributed by atoms with Crippen molar-refractivity contribution >= 4 is 33.8 Å². The highest BCUT2D eigenvalue weighted by molar-refractivity contribution is 7.99. The van der Waals surface area contributed by atoms with Gasteiger partial charge in [0.15, 0.2) is 10.7 Å². The van der Waals surface area contributed by atoms with E-state index < -0.39 is 17.4 Å². The highest BCUT2D eigenvalue weighted by Crippen LogP contribution is 2.34. The van der Waals surface area contributed by atoms with Crippen LogP contribution >= 0.6 is 11.8 Å². The van der Waals surface area contributed by atoms with E-state index in [1.165, 1.54) is 17.8 Å². The van der Waals surface area contributed by atoms with Crippen LogP contribution in [0.15, 0.2) is 69.6 Å². The Labute approximate surface area is 201 Å². The summed E-state index contributed by atoms with van der Waals surface area (Å²) in [4.78, 5) is 27.2. The lowest BCUT2D eigenvalue weighted by molar-refractivity contribution is -0.141. The minimum Gasteiger partial charge on any atom is -0.497 e. The van der Waals surface area contributed by atoms with E-state index in [1.54, 1.807) is 56.1 Å².